The average Bonchev–Trinajstić information content (AvgIpc) is 2.66. The van der Waals surface area contributed by atoms with Gasteiger partial charge in [-0.1, -0.05) is 6.07 Å². The highest BCUT2D eigenvalue weighted by atomic mass is 19.1. The van der Waals surface area contributed by atoms with Crippen LogP contribution in [0.25, 0.3) is 0 Å². The molecule has 2 aromatic carbocycles. The molecule has 4 nitrogen and oxygen atoms in total. The van der Waals surface area contributed by atoms with Crippen molar-refractivity contribution in [1.29, 1.82) is 0 Å². The number of amides is 1. The van der Waals surface area contributed by atoms with Crippen LogP contribution in [0.3, 0.4) is 0 Å². The first-order chi connectivity index (χ1) is 12.9. The summed E-state index contributed by atoms with van der Waals surface area (Å²) < 4.78 is 19.5. The molecule has 0 N–H and O–H groups in total. The summed E-state index contributed by atoms with van der Waals surface area (Å²) in [7, 11) is 0. The number of fused-ring (bicyclic) bond motifs is 1. The van der Waals surface area contributed by atoms with Gasteiger partial charge >= 0.3 is 0 Å². The number of benzene rings is 2. The molecule has 4 rings (SSSR count). The zero-order chi connectivity index (χ0) is 19.2. The van der Waals surface area contributed by atoms with E-state index in [-0.39, 0.29) is 17.5 Å². The minimum Gasteiger partial charge on any atom is -0.486 e. The van der Waals surface area contributed by atoms with Gasteiger partial charge in [0.25, 0.3) is 5.91 Å². The van der Waals surface area contributed by atoms with Crippen LogP contribution >= 0.6 is 0 Å². The second-order valence-electron chi connectivity index (χ2n) is 7.57. The molecule has 0 bridgehead atoms. The highest BCUT2D eigenvalue weighted by molar-refractivity contribution is 6.01. The number of likely N-dealkylation sites (tertiary alicyclic amines) is 1. The van der Waals surface area contributed by atoms with E-state index in [1.807, 2.05) is 26.0 Å². The number of piperidine rings is 1. The van der Waals surface area contributed by atoms with Crippen LogP contribution < -0.4 is 4.74 Å². The van der Waals surface area contributed by atoms with Crippen LogP contribution in [0.5, 0.6) is 5.75 Å². The quantitative estimate of drug-likeness (QED) is 0.763. The SMILES string of the molecule is Cc1ccc2c(c1C)OC1(CCN(C(=O)c3ccc(F)cc3)CC1)CC2=O. The zero-order valence-corrected chi connectivity index (χ0v) is 15.5. The lowest BCUT2D eigenvalue weighted by Gasteiger charge is -2.44. The first-order valence-electron chi connectivity index (χ1n) is 9.26. The Morgan fingerprint density at radius 1 is 1.07 bits per heavy atom. The van der Waals surface area contributed by atoms with Crippen LogP contribution in [-0.4, -0.2) is 35.3 Å². The van der Waals surface area contributed by atoms with Crippen LogP contribution in [0.15, 0.2) is 36.4 Å². The monoisotopic (exact) mass is 367 g/mol. The van der Waals surface area contributed by atoms with Gasteiger partial charge in [-0.2, -0.15) is 0 Å². The molecule has 0 saturated carbocycles. The van der Waals surface area contributed by atoms with Crippen molar-refractivity contribution in [3.8, 4) is 5.75 Å². The molecule has 5 heteroatoms. The van der Waals surface area contributed by atoms with Crippen molar-refractivity contribution in [1.82, 2.24) is 4.90 Å². The van der Waals surface area contributed by atoms with Crippen molar-refractivity contribution in [2.75, 3.05) is 13.1 Å². The fourth-order valence-corrected chi connectivity index (χ4v) is 3.95. The van der Waals surface area contributed by atoms with Gasteiger partial charge in [-0.15, -0.1) is 0 Å². The minimum absolute atomic E-state index is 0.109. The third-order valence-corrected chi connectivity index (χ3v) is 5.83. The second kappa shape index (κ2) is 6.48. The smallest absolute Gasteiger partial charge is 0.253 e. The number of nitrogens with zero attached hydrogens (tertiary/aromatic N) is 1. The molecular formula is C22H22FNO3. The maximum Gasteiger partial charge on any atom is 0.253 e. The fourth-order valence-electron chi connectivity index (χ4n) is 3.95. The fraction of sp³-hybridized carbons (Fsp3) is 0.364. The van der Waals surface area contributed by atoms with Crippen molar-refractivity contribution in [2.45, 2.75) is 38.7 Å². The predicted octanol–water partition coefficient (Wildman–Crippen LogP) is 4.08. The van der Waals surface area contributed by atoms with E-state index < -0.39 is 5.60 Å². The number of hydrogen-bond donors (Lipinski definition) is 0. The minimum atomic E-state index is -0.539. The molecule has 1 saturated heterocycles. The molecule has 1 fully saturated rings. The molecule has 1 amide bonds. The topological polar surface area (TPSA) is 46.6 Å². The van der Waals surface area contributed by atoms with E-state index in [4.69, 9.17) is 4.74 Å². The number of Topliss-reactive ketones (excluding diaryl/α,β-unsaturated/α-hetero) is 1. The van der Waals surface area contributed by atoms with E-state index in [1.165, 1.54) is 24.3 Å². The molecule has 2 aliphatic rings. The van der Waals surface area contributed by atoms with Gasteiger partial charge in [-0.25, -0.2) is 4.39 Å². The highest BCUT2D eigenvalue weighted by Crippen LogP contribution is 2.41. The van der Waals surface area contributed by atoms with Gasteiger partial charge in [0, 0.05) is 31.5 Å². The largest absolute Gasteiger partial charge is 0.486 e. The van der Waals surface area contributed by atoms with E-state index in [1.54, 1.807) is 4.90 Å². The summed E-state index contributed by atoms with van der Waals surface area (Å²) in [4.78, 5) is 27.1. The van der Waals surface area contributed by atoms with Crippen molar-refractivity contribution in [3.05, 3.63) is 64.5 Å². The molecule has 0 unspecified atom stereocenters. The Morgan fingerprint density at radius 3 is 2.41 bits per heavy atom. The normalized spacial score (nSPS) is 18.2. The number of aryl methyl sites for hydroxylation is 1. The number of halogens is 1. The second-order valence-corrected chi connectivity index (χ2v) is 7.57. The molecule has 27 heavy (non-hydrogen) atoms. The van der Waals surface area contributed by atoms with E-state index in [0.29, 0.717) is 49.2 Å². The van der Waals surface area contributed by atoms with Gasteiger partial charge < -0.3 is 9.64 Å². The van der Waals surface area contributed by atoms with Crippen molar-refractivity contribution in [3.63, 3.8) is 0 Å². The lowest BCUT2D eigenvalue weighted by Crippen LogP contribution is -2.52. The van der Waals surface area contributed by atoms with Gasteiger partial charge in [0.1, 0.15) is 17.2 Å². The van der Waals surface area contributed by atoms with Crippen LogP contribution in [-0.2, 0) is 0 Å². The Labute approximate surface area is 157 Å². The van der Waals surface area contributed by atoms with Crippen molar-refractivity contribution >= 4 is 11.7 Å². The summed E-state index contributed by atoms with van der Waals surface area (Å²) in [6.07, 6.45) is 1.57. The predicted molar refractivity (Wildman–Crippen MR) is 99.8 cm³/mol. The van der Waals surface area contributed by atoms with Crippen LogP contribution in [0, 0.1) is 19.7 Å². The lowest BCUT2D eigenvalue weighted by molar-refractivity contribution is -0.00620. The molecule has 2 aromatic rings. The maximum atomic E-state index is 13.1. The van der Waals surface area contributed by atoms with Gasteiger partial charge in [0.05, 0.1) is 12.0 Å². The Balaban J connectivity index is 1.52. The number of ketones is 1. The van der Waals surface area contributed by atoms with Crippen LogP contribution in [0.2, 0.25) is 0 Å². The summed E-state index contributed by atoms with van der Waals surface area (Å²) in [6, 6.07) is 9.40. The van der Waals surface area contributed by atoms with E-state index >= 15 is 0 Å². The molecule has 140 valence electrons. The van der Waals surface area contributed by atoms with Gasteiger partial charge in [0.2, 0.25) is 0 Å². The summed E-state index contributed by atoms with van der Waals surface area (Å²) >= 11 is 0. The number of rotatable bonds is 1. The third kappa shape index (κ3) is 3.11. The number of ether oxygens (including phenoxy) is 1. The summed E-state index contributed by atoms with van der Waals surface area (Å²) in [6.45, 7) is 5.02. The van der Waals surface area contributed by atoms with Crippen LogP contribution in [0.1, 0.15) is 51.1 Å². The lowest BCUT2D eigenvalue weighted by atomic mass is 9.81. The van der Waals surface area contributed by atoms with Crippen LogP contribution in [0.4, 0.5) is 4.39 Å². The van der Waals surface area contributed by atoms with Crippen molar-refractivity contribution in [2.24, 2.45) is 0 Å². The molecule has 1 spiro atoms. The number of carbonyl (C=O) groups excluding carboxylic acids is 2. The van der Waals surface area contributed by atoms with E-state index in [2.05, 4.69) is 0 Å². The molecule has 0 aliphatic carbocycles. The van der Waals surface area contributed by atoms with Gasteiger partial charge in [0.15, 0.2) is 5.78 Å². The summed E-state index contributed by atoms with van der Waals surface area (Å²) in [5, 5.41) is 0. The van der Waals surface area contributed by atoms with E-state index in [0.717, 1.165) is 11.1 Å². The van der Waals surface area contributed by atoms with Gasteiger partial charge in [-0.05, 0) is 55.3 Å². The molecule has 0 radical (unpaired) electrons. The Kier molecular flexibility index (Phi) is 4.25. The standard InChI is InChI=1S/C22H22FNO3/c1-14-3-8-18-19(25)13-22(27-20(18)15(14)2)9-11-24(12-10-22)21(26)16-4-6-17(23)7-5-16/h3-8H,9-13H2,1-2H3. The molecule has 0 aromatic heterocycles. The summed E-state index contributed by atoms with van der Waals surface area (Å²) in [5.74, 6) is 0.337. The average molecular weight is 367 g/mol. The van der Waals surface area contributed by atoms with E-state index in [9.17, 15) is 14.0 Å². The highest BCUT2D eigenvalue weighted by Gasteiger charge is 2.44. The Bertz CT molecular complexity index is 912. The molecular weight excluding hydrogens is 345 g/mol. The molecule has 2 heterocycles. The Hall–Kier alpha value is -2.69. The van der Waals surface area contributed by atoms with Gasteiger partial charge in [-0.3, -0.25) is 9.59 Å². The first kappa shape index (κ1) is 17.7. The number of carbonyl (C=O) groups is 2. The number of hydrogen-bond acceptors (Lipinski definition) is 3. The zero-order valence-electron chi connectivity index (χ0n) is 15.5. The summed E-state index contributed by atoms with van der Waals surface area (Å²) in [5.41, 5.74) is 2.70. The Morgan fingerprint density at radius 2 is 1.74 bits per heavy atom. The maximum absolute atomic E-state index is 13.1. The third-order valence-electron chi connectivity index (χ3n) is 5.83. The van der Waals surface area contributed by atoms with Crippen molar-refractivity contribution < 1.29 is 18.7 Å². The first-order valence-corrected chi connectivity index (χ1v) is 9.26. The molecule has 0 atom stereocenters. The molecule has 2 aliphatic heterocycles.